The third-order valence-electron chi connectivity index (χ3n) is 3.90. The van der Waals surface area contributed by atoms with Crippen molar-refractivity contribution in [3.8, 4) is 11.3 Å². The number of benzene rings is 3. The average Bonchev–Trinajstić information content (AvgIpc) is 3.04. The number of fused-ring (bicyclic) bond motifs is 1. The van der Waals surface area contributed by atoms with E-state index in [0.717, 1.165) is 0 Å². The highest BCUT2D eigenvalue weighted by molar-refractivity contribution is 6.13. The number of carbonyl (C=O) groups excluding carboxylic acids is 1. The molecular weight excluding hydrogens is 305 g/mol. The lowest BCUT2D eigenvalue weighted by molar-refractivity contribution is 0.103. The molecule has 1 aromatic heterocycles. The Bertz CT molecular complexity index is 1040. The lowest BCUT2D eigenvalue weighted by Gasteiger charge is -2.06. The van der Waals surface area contributed by atoms with Gasteiger partial charge in [0.05, 0.1) is 0 Å². The van der Waals surface area contributed by atoms with E-state index < -0.39 is 0 Å². The van der Waals surface area contributed by atoms with Crippen molar-refractivity contribution < 1.29 is 13.7 Å². The highest BCUT2D eigenvalue weighted by Crippen LogP contribution is 2.31. The van der Waals surface area contributed by atoms with Gasteiger partial charge in [0.25, 0.3) is 0 Å². The number of rotatable bonds is 3. The summed E-state index contributed by atoms with van der Waals surface area (Å²) in [6.45, 7) is 0. The average molecular weight is 317 g/mol. The Morgan fingerprint density at radius 3 is 2.50 bits per heavy atom. The summed E-state index contributed by atoms with van der Waals surface area (Å²) in [5.41, 5.74) is 2.68. The van der Waals surface area contributed by atoms with E-state index in [0.29, 0.717) is 33.4 Å². The van der Waals surface area contributed by atoms with Gasteiger partial charge in [-0.25, -0.2) is 4.39 Å². The maximum atomic E-state index is 13.3. The summed E-state index contributed by atoms with van der Waals surface area (Å²) in [6.07, 6.45) is 0. The van der Waals surface area contributed by atoms with Gasteiger partial charge in [-0.1, -0.05) is 59.8 Å². The zero-order chi connectivity index (χ0) is 16.5. The van der Waals surface area contributed by atoms with E-state index in [1.165, 1.54) is 12.1 Å². The number of hydrogen-bond acceptors (Lipinski definition) is 3. The third kappa shape index (κ3) is 2.38. The Morgan fingerprint density at radius 2 is 1.67 bits per heavy atom. The van der Waals surface area contributed by atoms with Crippen LogP contribution in [0, 0.1) is 5.82 Å². The second-order valence-corrected chi connectivity index (χ2v) is 5.41. The van der Waals surface area contributed by atoms with Crippen molar-refractivity contribution in [2.45, 2.75) is 0 Å². The highest BCUT2D eigenvalue weighted by atomic mass is 19.1. The number of aromatic nitrogens is 1. The van der Waals surface area contributed by atoms with Crippen LogP contribution in [0.2, 0.25) is 0 Å². The summed E-state index contributed by atoms with van der Waals surface area (Å²) in [4.78, 5) is 12.8. The Kier molecular flexibility index (Phi) is 3.43. The number of carbonyl (C=O) groups is 1. The second kappa shape index (κ2) is 5.74. The minimum absolute atomic E-state index is 0.0931. The number of halogens is 1. The summed E-state index contributed by atoms with van der Waals surface area (Å²) in [7, 11) is 0. The van der Waals surface area contributed by atoms with Crippen molar-refractivity contribution in [2.75, 3.05) is 0 Å². The van der Waals surface area contributed by atoms with Crippen LogP contribution < -0.4 is 0 Å². The number of ketones is 1. The molecule has 0 radical (unpaired) electrons. The monoisotopic (exact) mass is 317 g/mol. The van der Waals surface area contributed by atoms with Crippen molar-refractivity contribution in [1.29, 1.82) is 0 Å². The van der Waals surface area contributed by atoms with Gasteiger partial charge in [0.1, 0.15) is 11.5 Å². The van der Waals surface area contributed by atoms with Gasteiger partial charge in [0.2, 0.25) is 0 Å². The molecule has 0 spiro atoms. The lowest BCUT2D eigenvalue weighted by Crippen LogP contribution is -2.03. The first kappa shape index (κ1) is 14.3. The van der Waals surface area contributed by atoms with Crippen LogP contribution in [-0.4, -0.2) is 10.9 Å². The molecule has 3 nitrogen and oxygen atoms in total. The number of hydrogen-bond donors (Lipinski definition) is 0. The second-order valence-electron chi connectivity index (χ2n) is 5.41. The molecule has 0 atom stereocenters. The van der Waals surface area contributed by atoms with Gasteiger partial charge < -0.3 is 4.52 Å². The summed E-state index contributed by atoms with van der Waals surface area (Å²) in [6, 6.07) is 20.5. The summed E-state index contributed by atoms with van der Waals surface area (Å²) < 4.78 is 18.6. The summed E-state index contributed by atoms with van der Waals surface area (Å²) in [5.74, 6) is -0.483. The molecule has 3 aromatic carbocycles. The molecule has 0 N–H and O–H groups in total. The maximum Gasteiger partial charge on any atom is 0.193 e. The molecule has 0 aliphatic carbocycles. The first-order valence-electron chi connectivity index (χ1n) is 7.48. The molecule has 4 rings (SSSR count). The van der Waals surface area contributed by atoms with Gasteiger partial charge in [-0.3, -0.25) is 4.79 Å². The molecule has 116 valence electrons. The molecule has 4 heteroatoms. The Balaban J connectivity index is 1.89. The smallest absolute Gasteiger partial charge is 0.193 e. The Hall–Kier alpha value is -3.27. The summed E-state index contributed by atoms with van der Waals surface area (Å²) in [5, 5.41) is 4.72. The van der Waals surface area contributed by atoms with Crippen LogP contribution >= 0.6 is 0 Å². The van der Waals surface area contributed by atoms with Gasteiger partial charge in [0.15, 0.2) is 11.4 Å². The normalized spacial score (nSPS) is 10.9. The van der Waals surface area contributed by atoms with Gasteiger partial charge in [-0.15, -0.1) is 0 Å². The van der Waals surface area contributed by atoms with Crippen molar-refractivity contribution in [1.82, 2.24) is 5.16 Å². The topological polar surface area (TPSA) is 43.1 Å². The largest absolute Gasteiger partial charge is 0.356 e. The van der Waals surface area contributed by atoms with E-state index in [1.54, 1.807) is 24.3 Å². The van der Waals surface area contributed by atoms with Crippen LogP contribution in [0.3, 0.4) is 0 Å². The van der Waals surface area contributed by atoms with E-state index >= 15 is 0 Å². The molecule has 0 fully saturated rings. The van der Waals surface area contributed by atoms with E-state index in [2.05, 4.69) is 5.16 Å². The summed E-state index contributed by atoms with van der Waals surface area (Å²) >= 11 is 0. The standard InChI is InChI=1S/C20H12FNO2/c21-14-10-11-17-18(12-14)24-22-19(17)15-8-4-5-9-16(15)20(23)13-6-2-1-3-7-13/h1-12H. The van der Waals surface area contributed by atoms with Crippen LogP contribution in [0.1, 0.15) is 15.9 Å². The molecule has 0 unspecified atom stereocenters. The van der Waals surface area contributed by atoms with Crippen molar-refractivity contribution in [3.05, 3.63) is 89.7 Å². The Labute approximate surface area is 137 Å². The van der Waals surface area contributed by atoms with E-state index in [9.17, 15) is 9.18 Å². The number of nitrogens with zero attached hydrogens (tertiary/aromatic N) is 1. The fourth-order valence-electron chi connectivity index (χ4n) is 2.74. The molecule has 0 amide bonds. The van der Waals surface area contributed by atoms with E-state index in [1.807, 2.05) is 36.4 Å². The van der Waals surface area contributed by atoms with Crippen molar-refractivity contribution in [3.63, 3.8) is 0 Å². The SMILES string of the molecule is O=C(c1ccccc1)c1ccccc1-c1noc2cc(F)ccc12. The van der Waals surface area contributed by atoms with Gasteiger partial charge in [0, 0.05) is 28.1 Å². The molecule has 0 saturated carbocycles. The molecular formula is C20H12FNO2. The van der Waals surface area contributed by atoms with Crippen LogP contribution in [0.15, 0.2) is 77.3 Å². The predicted octanol–water partition coefficient (Wildman–Crippen LogP) is 4.86. The van der Waals surface area contributed by atoms with Crippen molar-refractivity contribution in [2.24, 2.45) is 0 Å². The highest BCUT2D eigenvalue weighted by Gasteiger charge is 2.18. The minimum atomic E-state index is -0.390. The molecule has 1 heterocycles. The predicted molar refractivity (Wildman–Crippen MR) is 89.3 cm³/mol. The fraction of sp³-hybridized carbons (Fsp3) is 0. The van der Waals surface area contributed by atoms with Crippen LogP contribution in [0.25, 0.3) is 22.2 Å². The van der Waals surface area contributed by atoms with Crippen LogP contribution in [0.5, 0.6) is 0 Å². The van der Waals surface area contributed by atoms with Crippen molar-refractivity contribution >= 4 is 16.8 Å². The third-order valence-corrected chi connectivity index (χ3v) is 3.90. The quantitative estimate of drug-likeness (QED) is 0.507. The van der Waals surface area contributed by atoms with E-state index in [4.69, 9.17) is 4.52 Å². The Morgan fingerprint density at radius 1 is 0.917 bits per heavy atom. The molecule has 24 heavy (non-hydrogen) atoms. The molecule has 0 bridgehead atoms. The molecule has 0 aliphatic rings. The lowest BCUT2D eigenvalue weighted by atomic mass is 9.95. The maximum absolute atomic E-state index is 13.3. The molecule has 0 saturated heterocycles. The first-order chi connectivity index (χ1) is 11.7. The zero-order valence-corrected chi connectivity index (χ0v) is 12.6. The van der Waals surface area contributed by atoms with E-state index in [-0.39, 0.29) is 11.6 Å². The van der Waals surface area contributed by atoms with Crippen LogP contribution in [0.4, 0.5) is 4.39 Å². The van der Waals surface area contributed by atoms with Gasteiger partial charge in [-0.05, 0) is 12.1 Å². The van der Waals surface area contributed by atoms with Gasteiger partial charge in [-0.2, -0.15) is 0 Å². The van der Waals surface area contributed by atoms with Gasteiger partial charge >= 0.3 is 0 Å². The van der Waals surface area contributed by atoms with Crippen LogP contribution in [-0.2, 0) is 0 Å². The minimum Gasteiger partial charge on any atom is -0.356 e. The first-order valence-corrected chi connectivity index (χ1v) is 7.48. The zero-order valence-electron chi connectivity index (χ0n) is 12.6. The molecule has 4 aromatic rings. The molecule has 0 aliphatic heterocycles. The fourth-order valence-corrected chi connectivity index (χ4v) is 2.74.